The van der Waals surface area contributed by atoms with Crippen LogP contribution in [0.5, 0.6) is 11.5 Å². The molecule has 2 fully saturated rings. The average molecular weight is 520 g/mol. The van der Waals surface area contributed by atoms with Crippen molar-refractivity contribution in [2.45, 2.75) is 48.7 Å². The molecule has 1 aromatic heterocycles. The van der Waals surface area contributed by atoms with Gasteiger partial charge in [0.25, 0.3) is 5.92 Å². The third-order valence-electron chi connectivity index (χ3n) is 8.04. The van der Waals surface area contributed by atoms with Gasteiger partial charge in [-0.05, 0) is 43.1 Å². The second-order valence-electron chi connectivity index (χ2n) is 10.3. The van der Waals surface area contributed by atoms with E-state index in [-0.39, 0.29) is 18.8 Å². The Balaban J connectivity index is 0.000000278. The molecule has 1 saturated carbocycles. The highest BCUT2D eigenvalue weighted by atomic mass is 19.3. The number of piperidine rings is 1. The van der Waals surface area contributed by atoms with Crippen LogP contribution < -0.4 is 9.47 Å². The second-order valence-corrected chi connectivity index (χ2v) is 10.3. The van der Waals surface area contributed by atoms with E-state index in [1.54, 1.807) is 31.6 Å². The van der Waals surface area contributed by atoms with Crippen molar-refractivity contribution < 1.29 is 23.4 Å². The zero-order valence-electron chi connectivity index (χ0n) is 21.5. The average Bonchev–Trinajstić information content (AvgIpc) is 3.38. The molecule has 3 atom stereocenters. The molecule has 38 heavy (non-hydrogen) atoms. The summed E-state index contributed by atoms with van der Waals surface area (Å²) in [6.07, 6.45) is 4.60. The Bertz CT molecular complexity index is 1320. The fraction of sp³-hybridized carbons (Fsp3) is 0.400. The first-order chi connectivity index (χ1) is 18.2. The molecule has 2 aliphatic heterocycles. The molecule has 8 heteroatoms. The molecular formula is C30H31F2N3O3. The van der Waals surface area contributed by atoms with E-state index in [1.807, 2.05) is 42.3 Å². The van der Waals surface area contributed by atoms with Crippen LogP contribution in [0.15, 0.2) is 67.0 Å². The highest BCUT2D eigenvalue weighted by molar-refractivity contribution is 5.57. The van der Waals surface area contributed by atoms with E-state index in [9.17, 15) is 19.1 Å². The maximum absolute atomic E-state index is 12.4. The van der Waals surface area contributed by atoms with Gasteiger partial charge < -0.3 is 19.5 Å². The first-order valence-electron chi connectivity index (χ1n) is 12.8. The number of halogens is 2. The fourth-order valence-corrected chi connectivity index (χ4v) is 6.06. The van der Waals surface area contributed by atoms with Crippen LogP contribution >= 0.6 is 0 Å². The first-order valence-corrected chi connectivity index (χ1v) is 12.8. The molecule has 0 bridgehead atoms. The minimum absolute atomic E-state index is 0.0312. The molecule has 3 aromatic rings. The van der Waals surface area contributed by atoms with E-state index >= 15 is 0 Å². The van der Waals surface area contributed by atoms with Crippen LogP contribution in [-0.4, -0.2) is 48.2 Å². The number of nitrogens with zero attached hydrogens (tertiary/aromatic N) is 3. The lowest BCUT2D eigenvalue weighted by Gasteiger charge is -2.40. The maximum atomic E-state index is 12.4. The summed E-state index contributed by atoms with van der Waals surface area (Å²) in [4.78, 5) is 6.16. The van der Waals surface area contributed by atoms with Gasteiger partial charge in [0.05, 0.1) is 36.7 Å². The summed E-state index contributed by atoms with van der Waals surface area (Å²) in [7, 11) is 3.45. The van der Waals surface area contributed by atoms with Crippen molar-refractivity contribution >= 4 is 0 Å². The molecule has 0 spiro atoms. The van der Waals surface area contributed by atoms with Crippen LogP contribution in [0.25, 0.3) is 0 Å². The molecule has 0 amide bonds. The number of ether oxygens (including phenoxy) is 2. The lowest BCUT2D eigenvalue weighted by molar-refractivity contribution is -0.106. The van der Waals surface area contributed by atoms with Crippen molar-refractivity contribution in [2.75, 3.05) is 27.2 Å². The van der Waals surface area contributed by atoms with Crippen LogP contribution in [0.1, 0.15) is 53.9 Å². The normalized spacial score (nSPS) is 27.2. The van der Waals surface area contributed by atoms with Gasteiger partial charge in [0.2, 0.25) is 0 Å². The van der Waals surface area contributed by atoms with Crippen molar-refractivity contribution in [3.05, 3.63) is 89.2 Å². The highest BCUT2D eigenvalue weighted by Crippen LogP contribution is 2.67. The van der Waals surface area contributed by atoms with E-state index in [2.05, 4.69) is 23.2 Å². The SMILES string of the molecule is CN1CCC(F)(F)CC1.COc1cncc2c1C1(O)CCC(c3ccccc3)C1(c1ccc(C#N)cc1)O2. The van der Waals surface area contributed by atoms with Gasteiger partial charge in [-0.3, -0.25) is 4.98 Å². The standard InChI is InChI=1S/C24H20N2O3.C6H11F2N/c1-28-20-14-26-15-21-22(20)23(27)12-11-19(17-5-3-2-4-6-17)24(23,29-21)18-9-7-16(13-25)8-10-18;1-9-4-2-6(7,8)3-5-9/h2-10,14-15,19,27H,11-12H2,1H3;2-5H2,1H3. The van der Waals surface area contributed by atoms with Crippen LogP contribution in [0, 0.1) is 11.3 Å². The van der Waals surface area contributed by atoms with E-state index in [0.29, 0.717) is 42.1 Å². The third-order valence-corrected chi connectivity index (χ3v) is 8.04. The minimum atomic E-state index is -2.38. The predicted molar refractivity (Wildman–Crippen MR) is 138 cm³/mol. The van der Waals surface area contributed by atoms with Gasteiger partial charge in [-0.2, -0.15) is 5.26 Å². The molecule has 3 aliphatic rings. The Morgan fingerprint density at radius 3 is 2.34 bits per heavy atom. The third kappa shape index (κ3) is 4.30. The smallest absolute Gasteiger partial charge is 0.250 e. The number of aromatic nitrogens is 1. The van der Waals surface area contributed by atoms with Gasteiger partial charge in [-0.25, -0.2) is 8.78 Å². The van der Waals surface area contributed by atoms with E-state index in [4.69, 9.17) is 9.47 Å². The number of alkyl halides is 2. The number of hydrogen-bond donors (Lipinski definition) is 1. The van der Waals surface area contributed by atoms with Crippen molar-refractivity contribution in [1.29, 1.82) is 5.26 Å². The van der Waals surface area contributed by atoms with Crippen molar-refractivity contribution in [1.82, 2.24) is 9.88 Å². The van der Waals surface area contributed by atoms with Crippen LogP contribution in [-0.2, 0) is 11.2 Å². The zero-order valence-corrected chi connectivity index (χ0v) is 21.5. The summed E-state index contributed by atoms with van der Waals surface area (Å²) in [6, 6.07) is 19.6. The monoisotopic (exact) mass is 519 g/mol. The topological polar surface area (TPSA) is 78.6 Å². The number of methoxy groups -OCH3 is 1. The van der Waals surface area contributed by atoms with Crippen molar-refractivity contribution in [3.8, 4) is 17.6 Å². The molecule has 3 heterocycles. The molecule has 1 N–H and O–H groups in total. The molecule has 1 saturated heterocycles. The van der Waals surface area contributed by atoms with Gasteiger partial charge >= 0.3 is 0 Å². The number of pyridine rings is 1. The lowest BCUT2D eigenvalue weighted by atomic mass is 9.71. The summed E-state index contributed by atoms with van der Waals surface area (Å²) < 4.78 is 36.9. The molecular weight excluding hydrogens is 488 g/mol. The number of hydrogen-bond acceptors (Lipinski definition) is 6. The summed E-state index contributed by atoms with van der Waals surface area (Å²) in [5.41, 5.74) is 0.860. The van der Waals surface area contributed by atoms with E-state index in [0.717, 1.165) is 17.5 Å². The predicted octanol–water partition coefficient (Wildman–Crippen LogP) is 5.36. The molecule has 2 aromatic carbocycles. The number of fused-ring (bicyclic) bond motifs is 3. The molecule has 0 radical (unpaired) electrons. The Labute approximate surface area is 221 Å². The van der Waals surface area contributed by atoms with Crippen molar-refractivity contribution in [3.63, 3.8) is 0 Å². The van der Waals surface area contributed by atoms with E-state index in [1.165, 1.54) is 0 Å². The molecule has 6 nitrogen and oxygen atoms in total. The van der Waals surface area contributed by atoms with Crippen LogP contribution in [0.3, 0.4) is 0 Å². The number of benzene rings is 2. The largest absolute Gasteiger partial charge is 0.495 e. The summed E-state index contributed by atoms with van der Waals surface area (Å²) in [5.74, 6) is -1.39. The van der Waals surface area contributed by atoms with Gasteiger partial charge in [-0.1, -0.05) is 42.5 Å². The Morgan fingerprint density at radius 2 is 1.74 bits per heavy atom. The number of aliphatic hydroxyl groups is 1. The summed E-state index contributed by atoms with van der Waals surface area (Å²) >= 11 is 0. The summed E-state index contributed by atoms with van der Waals surface area (Å²) in [6.45, 7) is 1.07. The van der Waals surface area contributed by atoms with Crippen LogP contribution in [0.4, 0.5) is 8.78 Å². The lowest BCUT2D eigenvalue weighted by Crippen LogP contribution is -2.48. The second kappa shape index (κ2) is 9.97. The number of likely N-dealkylation sites (tertiary alicyclic amines) is 1. The quantitative estimate of drug-likeness (QED) is 0.502. The van der Waals surface area contributed by atoms with Gasteiger partial charge in [0.1, 0.15) is 17.1 Å². The van der Waals surface area contributed by atoms with Gasteiger partial charge in [0, 0.05) is 31.8 Å². The Morgan fingerprint density at radius 1 is 1.05 bits per heavy atom. The fourth-order valence-electron chi connectivity index (χ4n) is 6.06. The Hall–Kier alpha value is -3.54. The molecule has 198 valence electrons. The first kappa shape index (κ1) is 26.1. The highest BCUT2D eigenvalue weighted by Gasteiger charge is 2.69. The van der Waals surface area contributed by atoms with Gasteiger partial charge in [-0.15, -0.1) is 0 Å². The Kier molecular flexibility index (Phi) is 6.84. The van der Waals surface area contributed by atoms with Crippen LogP contribution in [0.2, 0.25) is 0 Å². The molecule has 1 aliphatic carbocycles. The maximum Gasteiger partial charge on any atom is 0.250 e. The van der Waals surface area contributed by atoms with E-state index < -0.39 is 17.1 Å². The molecule has 3 unspecified atom stereocenters. The number of rotatable bonds is 3. The summed E-state index contributed by atoms with van der Waals surface area (Å²) in [5, 5.41) is 21.4. The minimum Gasteiger partial charge on any atom is -0.495 e. The molecule has 6 rings (SSSR count). The van der Waals surface area contributed by atoms with Gasteiger partial charge in [0.15, 0.2) is 5.60 Å². The zero-order chi connectivity index (χ0) is 27.0. The van der Waals surface area contributed by atoms with Crippen molar-refractivity contribution in [2.24, 2.45) is 0 Å². The number of nitriles is 1.